The second kappa shape index (κ2) is 8.97. The molecule has 0 bridgehead atoms. The van der Waals surface area contributed by atoms with Crippen LogP contribution in [0.5, 0.6) is 0 Å². The summed E-state index contributed by atoms with van der Waals surface area (Å²) in [6.45, 7) is 0. The van der Waals surface area contributed by atoms with E-state index in [0.29, 0.717) is 0 Å². The molecule has 0 aliphatic heterocycles. The van der Waals surface area contributed by atoms with Crippen molar-refractivity contribution in [1.29, 1.82) is 0 Å². The van der Waals surface area contributed by atoms with Crippen molar-refractivity contribution >= 4 is 83.8 Å². The number of benzene rings is 2. The highest BCUT2D eigenvalue weighted by atomic mass is 35.5. The minimum atomic E-state index is -4.37. The summed E-state index contributed by atoms with van der Waals surface area (Å²) in [5, 5.41) is 11.8. The van der Waals surface area contributed by atoms with Crippen LogP contribution in [0.2, 0.25) is 10.0 Å². The number of nitrogens with one attached hydrogen (secondary N) is 1. The van der Waals surface area contributed by atoms with Crippen LogP contribution in [0.3, 0.4) is 0 Å². The Balaban J connectivity index is 2.77. The molecule has 0 aromatic heterocycles. The Labute approximate surface area is 191 Å². The SMILES string of the molecule is NS(=O)(=O)c1ccc(Cl)c(C(=O)c2cc(S(N)(=O)=O)c(Cl)cc2NC(=O)C(Cl)Cl)c1. The Hall–Kier alpha value is -1.44. The molecule has 0 aliphatic rings. The van der Waals surface area contributed by atoms with Crippen LogP contribution in [0.1, 0.15) is 15.9 Å². The Kier molecular flexibility index (Phi) is 7.42. The van der Waals surface area contributed by atoms with Gasteiger partial charge in [-0.1, -0.05) is 46.4 Å². The molecular weight excluding hydrogens is 524 g/mol. The second-order valence-electron chi connectivity index (χ2n) is 5.68. The Morgan fingerprint density at radius 2 is 1.47 bits per heavy atom. The maximum Gasteiger partial charge on any atom is 0.257 e. The lowest BCUT2D eigenvalue weighted by Gasteiger charge is -2.14. The topological polar surface area (TPSA) is 166 Å². The molecule has 2 aromatic rings. The monoisotopic (exact) mass is 533 g/mol. The summed E-state index contributed by atoms with van der Waals surface area (Å²) in [6.07, 6.45) is 0. The van der Waals surface area contributed by atoms with Crippen LogP contribution >= 0.6 is 46.4 Å². The van der Waals surface area contributed by atoms with E-state index in [9.17, 15) is 26.4 Å². The first-order valence-electron chi connectivity index (χ1n) is 7.45. The van der Waals surface area contributed by atoms with Crippen molar-refractivity contribution in [3.8, 4) is 0 Å². The highest BCUT2D eigenvalue weighted by molar-refractivity contribution is 7.89. The van der Waals surface area contributed by atoms with E-state index in [4.69, 9.17) is 56.7 Å². The fourth-order valence-electron chi connectivity index (χ4n) is 2.25. The average molecular weight is 535 g/mol. The summed E-state index contributed by atoms with van der Waals surface area (Å²) >= 11 is 22.9. The summed E-state index contributed by atoms with van der Waals surface area (Å²) in [5.74, 6) is -1.92. The first-order chi connectivity index (χ1) is 13.6. The summed E-state index contributed by atoms with van der Waals surface area (Å²) in [4.78, 5) is 22.4. The minimum Gasteiger partial charge on any atom is -0.323 e. The third-order valence-corrected chi connectivity index (χ3v) is 6.60. The van der Waals surface area contributed by atoms with Crippen LogP contribution in [0.4, 0.5) is 5.69 Å². The number of anilines is 1. The fourth-order valence-corrected chi connectivity index (χ4v) is 4.20. The zero-order valence-corrected chi connectivity index (χ0v) is 19.1. The molecule has 5 N–H and O–H groups in total. The minimum absolute atomic E-state index is 0.177. The molecule has 0 heterocycles. The lowest BCUT2D eigenvalue weighted by Crippen LogP contribution is -2.22. The molecule has 2 rings (SSSR count). The van der Waals surface area contributed by atoms with Crippen LogP contribution in [0, 0.1) is 0 Å². The van der Waals surface area contributed by atoms with Crippen molar-refractivity contribution in [2.45, 2.75) is 14.6 Å². The van der Waals surface area contributed by atoms with Gasteiger partial charge in [-0.25, -0.2) is 27.1 Å². The van der Waals surface area contributed by atoms with Gasteiger partial charge in [0.05, 0.1) is 20.6 Å². The largest absolute Gasteiger partial charge is 0.323 e. The van der Waals surface area contributed by atoms with E-state index < -0.39 is 57.0 Å². The molecular formula is C15H11Cl4N3O6S2. The molecule has 0 spiro atoms. The molecule has 0 aliphatic carbocycles. The van der Waals surface area contributed by atoms with E-state index in [1.54, 1.807) is 0 Å². The number of ketones is 1. The lowest BCUT2D eigenvalue weighted by molar-refractivity contribution is -0.114. The summed E-state index contributed by atoms with van der Waals surface area (Å²) in [6, 6.07) is 4.81. The molecule has 9 nitrogen and oxygen atoms in total. The third-order valence-electron chi connectivity index (χ3n) is 3.59. The van der Waals surface area contributed by atoms with Gasteiger partial charge < -0.3 is 5.32 Å². The molecule has 0 atom stereocenters. The zero-order valence-electron chi connectivity index (χ0n) is 14.4. The van der Waals surface area contributed by atoms with Crippen LogP contribution in [0.25, 0.3) is 0 Å². The van der Waals surface area contributed by atoms with Gasteiger partial charge in [-0.2, -0.15) is 0 Å². The first-order valence-corrected chi connectivity index (χ1v) is 12.2. The molecule has 1 amide bonds. The van der Waals surface area contributed by atoms with E-state index in [0.717, 1.165) is 30.3 Å². The third kappa shape index (κ3) is 5.62. The van der Waals surface area contributed by atoms with E-state index in [2.05, 4.69) is 5.32 Å². The number of rotatable bonds is 6. The van der Waals surface area contributed by atoms with Gasteiger partial charge in [-0.05, 0) is 30.3 Å². The number of primary sulfonamides is 2. The van der Waals surface area contributed by atoms with Crippen LogP contribution in [-0.4, -0.2) is 33.4 Å². The summed E-state index contributed by atoms with van der Waals surface area (Å²) < 4.78 is 46.8. The van der Waals surface area contributed by atoms with E-state index in [1.165, 1.54) is 0 Å². The van der Waals surface area contributed by atoms with Gasteiger partial charge in [0.1, 0.15) is 4.90 Å². The maximum atomic E-state index is 13.1. The van der Waals surface area contributed by atoms with Gasteiger partial charge in [0.15, 0.2) is 10.6 Å². The highest BCUT2D eigenvalue weighted by Gasteiger charge is 2.25. The number of nitrogens with two attached hydrogens (primary N) is 2. The normalized spacial score (nSPS) is 12.1. The van der Waals surface area contributed by atoms with Crippen molar-refractivity contribution in [2.24, 2.45) is 10.3 Å². The predicted octanol–water partition coefficient (Wildman–Crippen LogP) is 2.26. The smallest absolute Gasteiger partial charge is 0.257 e. The summed E-state index contributed by atoms with van der Waals surface area (Å²) in [5.41, 5.74) is -1.06. The van der Waals surface area contributed by atoms with Crippen molar-refractivity contribution in [1.82, 2.24) is 0 Å². The molecule has 15 heteroatoms. The van der Waals surface area contributed by atoms with Gasteiger partial charge in [-0.3, -0.25) is 9.59 Å². The van der Waals surface area contributed by atoms with Gasteiger partial charge in [0.25, 0.3) is 5.91 Å². The number of hydrogen-bond acceptors (Lipinski definition) is 6. The van der Waals surface area contributed by atoms with Gasteiger partial charge in [-0.15, -0.1) is 0 Å². The quantitative estimate of drug-likeness (QED) is 0.379. The molecule has 0 radical (unpaired) electrons. The van der Waals surface area contributed by atoms with Crippen molar-refractivity contribution in [2.75, 3.05) is 5.32 Å². The number of sulfonamides is 2. The molecule has 0 fully saturated rings. The molecule has 0 saturated carbocycles. The highest BCUT2D eigenvalue weighted by Crippen LogP contribution is 2.32. The molecule has 162 valence electrons. The van der Waals surface area contributed by atoms with Crippen molar-refractivity contribution < 1.29 is 26.4 Å². The number of alkyl halides is 2. The molecule has 2 aromatic carbocycles. The standard InChI is InChI=1S/C15H11Cl4N3O6S2/c16-9-2-1-6(29(20,25)26)3-7(9)13(23)8-4-12(30(21,27)28)10(17)5-11(8)22-15(24)14(18)19/h1-5,14H,(H,22,24)(H2,20,25,26)(H2,21,27,28). The first kappa shape index (κ1) is 24.8. The predicted molar refractivity (Wildman–Crippen MR) is 113 cm³/mol. The number of amides is 1. The van der Waals surface area contributed by atoms with E-state index >= 15 is 0 Å². The van der Waals surface area contributed by atoms with Crippen molar-refractivity contribution in [3.05, 3.63) is 51.5 Å². The fraction of sp³-hybridized carbons (Fsp3) is 0.0667. The summed E-state index contributed by atoms with van der Waals surface area (Å²) in [7, 11) is -8.56. The number of halogens is 4. The van der Waals surface area contributed by atoms with E-state index in [1.807, 2.05) is 0 Å². The Morgan fingerprint density at radius 3 is 1.97 bits per heavy atom. The number of carbonyl (C=O) groups excluding carboxylic acids is 2. The van der Waals surface area contributed by atoms with Gasteiger partial charge in [0, 0.05) is 11.1 Å². The van der Waals surface area contributed by atoms with Crippen molar-refractivity contribution in [3.63, 3.8) is 0 Å². The number of carbonyl (C=O) groups is 2. The van der Waals surface area contributed by atoms with Crippen LogP contribution in [0.15, 0.2) is 40.1 Å². The lowest BCUT2D eigenvalue weighted by atomic mass is 10.0. The number of hydrogen-bond donors (Lipinski definition) is 3. The van der Waals surface area contributed by atoms with E-state index in [-0.39, 0.29) is 16.3 Å². The molecule has 0 unspecified atom stereocenters. The van der Waals surface area contributed by atoms with Crippen LogP contribution in [-0.2, 0) is 24.8 Å². The zero-order chi connectivity index (χ0) is 23.0. The molecule has 30 heavy (non-hydrogen) atoms. The second-order valence-corrected chi connectivity index (χ2v) is 10.7. The Bertz CT molecular complexity index is 1260. The maximum absolute atomic E-state index is 13.1. The van der Waals surface area contributed by atoms with Crippen LogP contribution < -0.4 is 15.6 Å². The average Bonchev–Trinajstić information content (AvgIpc) is 2.59. The Morgan fingerprint density at radius 1 is 0.867 bits per heavy atom. The molecule has 0 saturated heterocycles. The van der Waals surface area contributed by atoms with Gasteiger partial charge in [0.2, 0.25) is 20.0 Å². The van der Waals surface area contributed by atoms with Gasteiger partial charge >= 0.3 is 0 Å².